The molecule has 0 aromatic heterocycles. The van der Waals surface area contributed by atoms with E-state index in [1.807, 2.05) is 60.7 Å². The summed E-state index contributed by atoms with van der Waals surface area (Å²) in [6.45, 7) is 3.52. The molecule has 0 aliphatic carbocycles. The molecule has 10 heteroatoms. The molecule has 2 aromatic carbocycles. The van der Waals surface area contributed by atoms with Crippen molar-refractivity contribution in [3.05, 3.63) is 83.9 Å². The number of hydrogen-bond donors (Lipinski definition) is 0. The lowest BCUT2D eigenvalue weighted by Crippen LogP contribution is -2.38. The third kappa shape index (κ3) is 10.5. The largest absolute Gasteiger partial charge is 0.368 e. The molecular formula is C22H28O8S2. The standard InChI is InChI=1S/C22H28O8S2/c1-18(14-29-31(2,23)24)22(28-16-20-12-8-5-9-13-20)21(17-30-32(3,25)26)27-15-19-10-6-4-7-11-19/h4-13,21-22H,1,14-17H2,2-3H3/t21-,22+/m0/s1. The second-order valence-corrected chi connectivity index (χ2v) is 10.5. The van der Waals surface area contributed by atoms with Gasteiger partial charge in [0.25, 0.3) is 20.2 Å². The monoisotopic (exact) mass is 484 g/mol. The van der Waals surface area contributed by atoms with E-state index in [2.05, 4.69) is 6.58 Å². The molecule has 0 spiro atoms. The summed E-state index contributed by atoms with van der Waals surface area (Å²) >= 11 is 0. The quantitative estimate of drug-likeness (QED) is 0.298. The minimum Gasteiger partial charge on any atom is -0.368 e. The zero-order chi connectivity index (χ0) is 23.6. The Labute approximate surface area is 190 Å². The molecule has 8 nitrogen and oxygen atoms in total. The molecule has 0 fully saturated rings. The average Bonchev–Trinajstić information content (AvgIpc) is 2.74. The lowest BCUT2D eigenvalue weighted by molar-refractivity contribution is -0.0861. The summed E-state index contributed by atoms with van der Waals surface area (Å²) in [7, 11) is -7.48. The van der Waals surface area contributed by atoms with Gasteiger partial charge in [0.1, 0.15) is 12.2 Å². The number of benzene rings is 2. The van der Waals surface area contributed by atoms with Crippen molar-refractivity contribution in [1.29, 1.82) is 0 Å². The van der Waals surface area contributed by atoms with E-state index in [1.165, 1.54) is 0 Å². The molecule has 32 heavy (non-hydrogen) atoms. The van der Waals surface area contributed by atoms with Gasteiger partial charge in [0.2, 0.25) is 0 Å². The van der Waals surface area contributed by atoms with E-state index in [-0.39, 0.29) is 32.0 Å². The molecule has 0 amide bonds. The summed E-state index contributed by atoms with van der Waals surface area (Å²) in [4.78, 5) is 0. The highest BCUT2D eigenvalue weighted by Crippen LogP contribution is 2.19. The van der Waals surface area contributed by atoms with Gasteiger partial charge in [0, 0.05) is 0 Å². The molecule has 0 saturated carbocycles. The molecule has 0 bridgehead atoms. The molecule has 0 N–H and O–H groups in total. The van der Waals surface area contributed by atoms with Crippen molar-refractivity contribution >= 4 is 20.2 Å². The fourth-order valence-corrected chi connectivity index (χ4v) is 3.45. The predicted molar refractivity (Wildman–Crippen MR) is 121 cm³/mol. The van der Waals surface area contributed by atoms with Gasteiger partial charge < -0.3 is 9.47 Å². The van der Waals surface area contributed by atoms with Crippen molar-refractivity contribution in [2.24, 2.45) is 0 Å². The highest BCUT2D eigenvalue weighted by Gasteiger charge is 2.28. The minimum atomic E-state index is -3.76. The maximum atomic E-state index is 11.6. The van der Waals surface area contributed by atoms with E-state index in [9.17, 15) is 16.8 Å². The Bertz CT molecular complexity index is 1050. The smallest absolute Gasteiger partial charge is 0.264 e. The third-order valence-electron chi connectivity index (χ3n) is 4.22. The number of ether oxygens (including phenoxy) is 2. The Balaban J connectivity index is 2.23. The molecule has 0 aliphatic rings. The maximum Gasteiger partial charge on any atom is 0.264 e. The highest BCUT2D eigenvalue weighted by atomic mass is 32.2. The molecule has 2 aromatic rings. The van der Waals surface area contributed by atoms with Gasteiger partial charge in [-0.15, -0.1) is 0 Å². The van der Waals surface area contributed by atoms with Gasteiger partial charge >= 0.3 is 0 Å². The van der Waals surface area contributed by atoms with Gasteiger partial charge in [0.05, 0.1) is 38.9 Å². The van der Waals surface area contributed by atoms with E-state index >= 15 is 0 Å². The second kappa shape index (κ2) is 12.2. The fourth-order valence-electron chi connectivity index (χ4n) is 2.70. The predicted octanol–water partition coefficient (Wildman–Crippen LogP) is 2.67. The highest BCUT2D eigenvalue weighted by molar-refractivity contribution is 7.86. The molecular weight excluding hydrogens is 456 g/mol. The Morgan fingerprint density at radius 3 is 1.72 bits per heavy atom. The SMILES string of the molecule is C=C(COS(C)(=O)=O)[C@@H](OCc1ccccc1)[C@H](COS(C)(=O)=O)OCc1ccccc1. The van der Waals surface area contributed by atoms with E-state index in [4.69, 9.17) is 17.8 Å². The van der Waals surface area contributed by atoms with Crippen LogP contribution in [-0.2, 0) is 51.3 Å². The Kier molecular flexibility index (Phi) is 10.0. The van der Waals surface area contributed by atoms with Gasteiger partial charge in [-0.05, 0) is 16.7 Å². The first-order valence-corrected chi connectivity index (χ1v) is 13.3. The normalized spacial score (nSPS) is 14.1. The molecule has 0 unspecified atom stereocenters. The summed E-state index contributed by atoms with van der Waals surface area (Å²) in [5.41, 5.74) is 1.98. The molecule has 2 atom stereocenters. The third-order valence-corrected chi connectivity index (χ3v) is 5.33. The zero-order valence-electron chi connectivity index (χ0n) is 18.0. The van der Waals surface area contributed by atoms with Gasteiger partial charge in [0.15, 0.2) is 0 Å². The van der Waals surface area contributed by atoms with E-state index in [1.54, 1.807) is 0 Å². The van der Waals surface area contributed by atoms with Crippen molar-refractivity contribution in [3.8, 4) is 0 Å². The van der Waals surface area contributed by atoms with Crippen LogP contribution >= 0.6 is 0 Å². The van der Waals surface area contributed by atoms with Crippen LogP contribution in [0.15, 0.2) is 72.8 Å². The van der Waals surface area contributed by atoms with E-state index in [0.717, 1.165) is 23.6 Å². The van der Waals surface area contributed by atoms with Crippen LogP contribution in [0.3, 0.4) is 0 Å². The first kappa shape index (κ1) is 26.2. The first-order chi connectivity index (χ1) is 15.0. The molecule has 0 heterocycles. The topological polar surface area (TPSA) is 105 Å². The summed E-state index contributed by atoms with van der Waals surface area (Å²) < 4.78 is 67.8. The van der Waals surface area contributed by atoms with Crippen LogP contribution in [0.1, 0.15) is 11.1 Å². The van der Waals surface area contributed by atoms with Gasteiger partial charge in [-0.25, -0.2) is 0 Å². The lowest BCUT2D eigenvalue weighted by Gasteiger charge is -2.29. The Hall–Kier alpha value is -2.08. The van der Waals surface area contributed by atoms with Crippen molar-refractivity contribution in [1.82, 2.24) is 0 Å². The van der Waals surface area contributed by atoms with Crippen LogP contribution in [0.25, 0.3) is 0 Å². The molecule has 0 saturated heterocycles. The Morgan fingerprint density at radius 1 is 0.781 bits per heavy atom. The molecule has 0 radical (unpaired) electrons. The number of hydrogen-bond acceptors (Lipinski definition) is 8. The van der Waals surface area contributed by atoms with Crippen LogP contribution in [-0.4, -0.2) is 54.8 Å². The maximum absolute atomic E-state index is 11.6. The van der Waals surface area contributed by atoms with E-state index < -0.39 is 32.4 Å². The summed E-state index contributed by atoms with van der Waals surface area (Å²) in [5, 5.41) is 0. The lowest BCUT2D eigenvalue weighted by atomic mass is 10.1. The van der Waals surface area contributed by atoms with Crippen LogP contribution in [0.4, 0.5) is 0 Å². The summed E-state index contributed by atoms with van der Waals surface area (Å²) in [6.07, 6.45) is 0.0607. The first-order valence-electron chi connectivity index (χ1n) is 9.71. The fraction of sp³-hybridized carbons (Fsp3) is 0.364. The van der Waals surface area contributed by atoms with Gasteiger partial charge in [-0.2, -0.15) is 16.8 Å². The minimum absolute atomic E-state index is 0.157. The number of rotatable bonds is 14. The van der Waals surface area contributed by atoms with Gasteiger partial charge in [-0.3, -0.25) is 8.37 Å². The van der Waals surface area contributed by atoms with Crippen LogP contribution in [0, 0.1) is 0 Å². The zero-order valence-corrected chi connectivity index (χ0v) is 19.7. The molecule has 0 aliphatic heterocycles. The Morgan fingerprint density at radius 2 is 1.25 bits per heavy atom. The van der Waals surface area contributed by atoms with Crippen molar-refractivity contribution in [2.45, 2.75) is 25.4 Å². The van der Waals surface area contributed by atoms with Crippen LogP contribution in [0.5, 0.6) is 0 Å². The van der Waals surface area contributed by atoms with Crippen molar-refractivity contribution < 1.29 is 34.7 Å². The summed E-state index contributed by atoms with van der Waals surface area (Å²) in [5.74, 6) is 0. The molecule has 2 rings (SSSR count). The molecule has 176 valence electrons. The van der Waals surface area contributed by atoms with Gasteiger partial charge in [-0.1, -0.05) is 67.2 Å². The summed E-state index contributed by atoms with van der Waals surface area (Å²) in [6, 6.07) is 18.6. The average molecular weight is 485 g/mol. The van der Waals surface area contributed by atoms with E-state index in [0.29, 0.717) is 0 Å². The second-order valence-electron chi connectivity index (χ2n) is 7.17. The van der Waals surface area contributed by atoms with Crippen LogP contribution in [0.2, 0.25) is 0 Å². The van der Waals surface area contributed by atoms with Crippen molar-refractivity contribution in [3.63, 3.8) is 0 Å². The van der Waals surface area contributed by atoms with Crippen molar-refractivity contribution in [2.75, 3.05) is 25.7 Å². The van der Waals surface area contributed by atoms with Crippen LogP contribution < -0.4 is 0 Å².